The summed E-state index contributed by atoms with van der Waals surface area (Å²) in [5.41, 5.74) is 2.48. The third kappa shape index (κ3) is 5.18. The Morgan fingerprint density at radius 1 is 1.22 bits per heavy atom. The Kier molecular flexibility index (Phi) is 6.08. The van der Waals surface area contributed by atoms with Crippen LogP contribution in [0.5, 0.6) is 0 Å². The lowest BCUT2D eigenvalue weighted by Crippen LogP contribution is -2.33. The van der Waals surface area contributed by atoms with E-state index >= 15 is 0 Å². The van der Waals surface area contributed by atoms with E-state index in [0.717, 1.165) is 16.1 Å². The molecule has 0 bridgehead atoms. The SMILES string of the molecule is Cc1ccc(C(O)=C2C(=O)CCCC2=NN(C)C(=O)OC(C)(C)C)c(C)c1. The molecule has 1 saturated carbocycles. The molecule has 6 nitrogen and oxygen atoms in total. The number of benzene rings is 1. The molecule has 1 N–H and O–H groups in total. The molecule has 0 saturated heterocycles. The van der Waals surface area contributed by atoms with Gasteiger partial charge in [0.2, 0.25) is 0 Å². The van der Waals surface area contributed by atoms with Crippen molar-refractivity contribution in [2.24, 2.45) is 5.10 Å². The normalized spacial score (nSPS) is 18.4. The van der Waals surface area contributed by atoms with Crippen molar-refractivity contribution < 1.29 is 19.4 Å². The highest BCUT2D eigenvalue weighted by Crippen LogP contribution is 2.28. The van der Waals surface area contributed by atoms with Gasteiger partial charge in [-0.05, 0) is 53.0 Å². The van der Waals surface area contributed by atoms with Crippen molar-refractivity contribution >= 4 is 23.3 Å². The summed E-state index contributed by atoms with van der Waals surface area (Å²) in [5.74, 6) is -0.261. The van der Waals surface area contributed by atoms with Crippen LogP contribution in [-0.2, 0) is 9.53 Å². The smallest absolute Gasteiger partial charge is 0.430 e. The fourth-order valence-electron chi connectivity index (χ4n) is 2.96. The Labute approximate surface area is 160 Å². The molecule has 6 heteroatoms. The Morgan fingerprint density at radius 3 is 2.48 bits per heavy atom. The highest BCUT2D eigenvalue weighted by Gasteiger charge is 2.28. The summed E-state index contributed by atoms with van der Waals surface area (Å²) >= 11 is 0. The minimum Gasteiger partial charge on any atom is -0.506 e. The first-order chi connectivity index (χ1) is 12.5. The van der Waals surface area contributed by atoms with Crippen molar-refractivity contribution in [1.82, 2.24) is 5.01 Å². The highest BCUT2D eigenvalue weighted by molar-refractivity contribution is 6.27. The van der Waals surface area contributed by atoms with Gasteiger partial charge in [0.25, 0.3) is 0 Å². The fraction of sp³-hybridized carbons (Fsp3) is 0.476. The molecule has 1 aliphatic rings. The van der Waals surface area contributed by atoms with Crippen molar-refractivity contribution in [3.63, 3.8) is 0 Å². The van der Waals surface area contributed by atoms with Crippen LogP contribution in [0.3, 0.4) is 0 Å². The van der Waals surface area contributed by atoms with E-state index in [4.69, 9.17) is 4.74 Å². The number of hydrazone groups is 1. The zero-order chi connectivity index (χ0) is 20.4. The molecule has 0 aliphatic heterocycles. The van der Waals surface area contributed by atoms with Crippen LogP contribution in [0.1, 0.15) is 56.7 Å². The molecule has 1 aromatic carbocycles. The molecular formula is C21H28N2O4. The Morgan fingerprint density at radius 2 is 1.89 bits per heavy atom. The Balaban J connectivity index is 2.45. The fourth-order valence-corrected chi connectivity index (χ4v) is 2.96. The number of hydrogen-bond donors (Lipinski definition) is 1. The van der Waals surface area contributed by atoms with Crippen molar-refractivity contribution in [3.05, 3.63) is 40.5 Å². The zero-order valence-electron chi connectivity index (χ0n) is 16.9. The van der Waals surface area contributed by atoms with Crippen LogP contribution in [-0.4, -0.2) is 40.4 Å². The number of ether oxygens (including phenoxy) is 1. The second kappa shape index (κ2) is 7.94. The molecule has 0 spiro atoms. The first kappa shape index (κ1) is 20.7. The van der Waals surface area contributed by atoms with E-state index in [0.29, 0.717) is 30.5 Å². The lowest BCUT2D eigenvalue weighted by atomic mass is 9.88. The molecule has 0 unspecified atom stereocenters. The predicted molar refractivity (Wildman–Crippen MR) is 106 cm³/mol. The molecule has 0 atom stereocenters. The largest absolute Gasteiger partial charge is 0.506 e. The number of rotatable bonds is 2. The van der Waals surface area contributed by atoms with Crippen LogP contribution in [0, 0.1) is 13.8 Å². The van der Waals surface area contributed by atoms with Gasteiger partial charge in [-0.1, -0.05) is 23.8 Å². The van der Waals surface area contributed by atoms with Gasteiger partial charge in [0.15, 0.2) is 5.78 Å². The average Bonchev–Trinajstić information content (AvgIpc) is 2.52. The van der Waals surface area contributed by atoms with Gasteiger partial charge in [-0.2, -0.15) is 5.10 Å². The Bertz CT molecular complexity index is 816. The van der Waals surface area contributed by atoms with Crippen molar-refractivity contribution in [1.29, 1.82) is 0 Å². The minimum atomic E-state index is -0.645. The number of carbonyl (C=O) groups is 2. The topological polar surface area (TPSA) is 79.2 Å². The van der Waals surface area contributed by atoms with E-state index in [1.54, 1.807) is 26.8 Å². The number of carbonyl (C=O) groups excluding carboxylic acids is 2. The summed E-state index contributed by atoms with van der Waals surface area (Å²) in [4.78, 5) is 24.7. The maximum absolute atomic E-state index is 12.5. The Hall–Kier alpha value is -2.63. The van der Waals surface area contributed by atoms with Crippen LogP contribution in [0.25, 0.3) is 5.76 Å². The summed E-state index contributed by atoms with van der Waals surface area (Å²) in [6.45, 7) is 9.17. The van der Waals surface area contributed by atoms with Gasteiger partial charge in [-0.25, -0.2) is 9.80 Å². The third-order valence-corrected chi connectivity index (χ3v) is 4.19. The number of aliphatic hydroxyl groups is 1. The number of Topliss-reactive ketones (excluding diaryl/α,β-unsaturated/α-hetero) is 1. The van der Waals surface area contributed by atoms with Gasteiger partial charge in [0, 0.05) is 19.0 Å². The van der Waals surface area contributed by atoms with Crippen LogP contribution in [0.2, 0.25) is 0 Å². The lowest BCUT2D eigenvalue weighted by Gasteiger charge is -2.24. The van der Waals surface area contributed by atoms with E-state index in [9.17, 15) is 14.7 Å². The summed E-state index contributed by atoms with van der Waals surface area (Å²) in [7, 11) is 1.48. The molecule has 0 heterocycles. The number of allylic oxidation sites excluding steroid dienone is 1. The molecule has 1 aliphatic carbocycles. The second-order valence-electron chi connectivity index (χ2n) is 7.87. The molecule has 1 amide bonds. The van der Waals surface area contributed by atoms with E-state index in [2.05, 4.69) is 5.10 Å². The van der Waals surface area contributed by atoms with Crippen LogP contribution < -0.4 is 0 Å². The number of ketones is 1. The maximum atomic E-state index is 12.5. The summed E-state index contributed by atoms with van der Waals surface area (Å²) in [5, 5.41) is 16.2. The number of amides is 1. The number of aliphatic hydroxyl groups excluding tert-OH is 1. The van der Waals surface area contributed by atoms with Gasteiger partial charge in [0.1, 0.15) is 11.4 Å². The zero-order valence-corrected chi connectivity index (χ0v) is 16.9. The summed E-state index contributed by atoms with van der Waals surface area (Å²) in [6.07, 6.45) is 0.866. The summed E-state index contributed by atoms with van der Waals surface area (Å²) in [6, 6.07) is 5.63. The molecule has 27 heavy (non-hydrogen) atoms. The molecular weight excluding hydrogens is 344 g/mol. The number of hydrogen-bond acceptors (Lipinski definition) is 5. The first-order valence-electron chi connectivity index (χ1n) is 9.08. The third-order valence-electron chi connectivity index (χ3n) is 4.19. The van der Waals surface area contributed by atoms with Crippen LogP contribution in [0.4, 0.5) is 4.79 Å². The van der Waals surface area contributed by atoms with Crippen molar-refractivity contribution in [2.45, 2.75) is 59.5 Å². The molecule has 0 aromatic heterocycles. The quantitative estimate of drug-likeness (QED) is 0.469. The van der Waals surface area contributed by atoms with Crippen molar-refractivity contribution in [3.8, 4) is 0 Å². The standard InChI is InChI=1S/C21H28N2O4/c1-13-10-11-15(14(2)12-13)19(25)18-16(8-7-9-17(18)24)22-23(6)20(26)27-21(3,4)5/h10-12,25H,7-9H2,1-6H3. The van der Waals surface area contributed by atoms with E-state index < -0.39 is 11.7 Å². The highest BCUT2D eigenvalue weighted by atomic mass is 16.6. The van der Waals surface area contributed by atoms with Crippen molar-refractivity contribution in [2.75, 3.05) is 7.05 Å². The molecule has 146 valence electrons. The molecule has 1 fully saturated rings. The lowest BCUT2D eigenvalue weighted by molar-refractivity contribution is -0.115. The summed E-state index contributed by atoms with van der Waals surface area (Å²) < 4.78 is 5.30. The van der Waals surface area contributed by atoms with Gasteiger partial charge in [-0.15, -0.1) is 0 Å². The van der Waals surface area contributed by atoms with Gasteiger partial charge in [-0.3, -0.25) is 4.79 Å². The minimum absolute atomic E-state index is 0.0893. The molecule has 0 radical (unpaired) electrons. The second-order valence-corrected chi connectivity index (χ2v) is 7.87. The van der Waals surface area contributed by atoms with Crippen LogP contribution >= 0.6 is 0 Å². The molecule has 2 rings (SSSR count). The van der Waals surface area contributed by atoms with Crippen LogP contribution in [0.15, 0.2) is 28.9 Å². The number of nitrogens with zero attached hydrogens (tertiary/aromatic N) is 2. The predicted octanol–water partition coefficient (Wildman–Crippen LogP) is 4.55. The van der Waals surface area contributed by atoms with E-state index in [-0.39, 0.29) is 17.1 Å². The van der Waals surface area contributed by atoms with E-state index in [1.165, 1.54) is 7.05 Å². The van der Waals surface area contributed by atoms with Gasteiger partial charge < -0.3 is 9.84 Å². The number of aryl methyl sites for hydroxylation is 2. The van der Waals surface area contributed by atoms with Gasteiger partial charge >= 0.3 is 6.09 Å². The monoisotopic (exact) mass is 372 g/mol. The van der Waals surface area contributed by atoms with Gasteiger partial charge in [0.05, 0.1) is 11.3 Å². The first-order valence-corrected chi connectivity index (χ1v) is 9.08. The average molecular weight is 372 g/mol. The molecule has 1 aromatic rings. The maximum Gasteiger partial charge on any atom is 0.430 e. The van der Waals surface area contributed by atoms with E-state index in [1.807, 2.05) is 26.0 Å².